The summed E-state index contributed by atoms with van der Waals surface area (Å²) in [6.07, 6.45) is 0.0952. The average molecular weight is 233 g/mol. The second kappa shape index (κ2) is 4.64. The first kappa shape index (κ1) is 11.3. The molecule has 4 N–H and O–H groups in total. The molecular formula is C9H10Cl2N2O. The third-order valence-electron chi connectivity index (χ3n) is 1.79. The van der Waals surface area contributed by atoms with Gasteiger partial charge in [0.1, 0.15) is 0 Å². The van der Waals surface area contributed by atoms with Gasteiger partial charge in [-0.05, 0) is 17.7 Å². The summed E-state index contributed by atoms with van der Waals surface area (Å²) in [5.41, 5.74) is 11.5. The summed E-state index contributed by atoms with van der Waals surface area (Å²) in [6, 6.07) is 4.57. The number of hydrogen-bond acceptors (Lipinski definition) is 2. The minimum Gasteiger partial charge on any atom is -0.370 e. The van der Waals surface area contributed by atoms with Crippen LogP contribution in [0, 0.1) is 0 Å². The summed E-state index contributed by atoms with van der Waals surface area (Å²) in [6.45, 7) is 0. The van der Waals surface area contributed by atoms with Gasteiger partial charge in [-0.15, -0.1) is 0 Å². The van der Waals surface area contributed by atoms with Crippen LogP contribution in [-0.2, 0) is 4.79 Å². The molecule has 76 valence electrons. The lowest BCUT2D eigenvalue weighted by Crippen LogP contribution is -2.20. The number of nitrogens with two attached hydrogens (primary N) is 2. The third-order valence-corrected chi connectivity index (χ3v) is 2.53. The molecule has 0 heterocycles. The van der Waals surface area contributed by atoms with Gasteiger partial charge in [0.25, 0.3) is 0 Å². The number of amides is 1. The van der Waals surface area contributed by atoms with E-state index in [1.54, 1.807) is 18.2 Å². The lowest BCUT2D eigenvalue weighted by atomic mass is 10.0. The van der Waals surface area contributed by atoms with Crippen LogP contribution in [0.15, 0.2) is 18.2 Å². The van der Waals surface area contributed by atoms with Gasteiger partial charge in [-0.3, -0.25) is 4.79 Å². The molecule has 0 aliphatic rings. The maximum atomic E-state index is 10.6. The Morgan fingerprint density at radius 1 is 1.36 bits per heavy atom. The number of carbonyl (C=O) groups is 1. The molecular weight excluding hydrogens is 223 g/mol. The molecule has 14 heavy (non-hydrogen) atoms. The number of benzene rings is 1. The molecule has 0 saturated heterocycles. The lowest BCUT2D eigenvalue weighted by molar-refractivity contribution is -0.118. The zero-order valence-corrected chi connectivity index (χ0v) is 8.85. The van der Waals surface area contributed by atoms with E-state index in [0.29, 0.717) is 10.0 Å². The van der Waals surface area contributed by atoms with E-state index in [4.69, 9.17) is 34.7 Å². The number of halogens is 2. The van der Waals surface area contributed by atoms with Gasteiger partial charge in [-0.2, -0.15) is 0 Å². The molecule has 1 atom stereocenters. The second-order valence-electron chi connectivity index (χ2n) is 2.95. The Labute approximate surface area is 92.0 Å². The van der Waals surface area contributed by atoms with Crippen molar-refractivity contribution in [3.63, 3.8) is 0 Å². The van der Waals surface area contributed by atoms with Gasteiger partial charge in [0.15, 0.2) is 0 Å². The van der Waals surface area contributed by atoms with Crippen molar-refractivity contribution in [1.29, 1.82) is 0 Å². The molecule has 0 saturated carbocycles. The Morgan fingerprint density at radius 2 is 2.00 bits per heavy atom. The van der Waals surface area contributed by atoms with Crippen LogP contribution in [0.25, 0.3) is 0 Å². The maximum Gasteiger partial charge on any atom is 0.219 e. The summed E-state index contributed by atoms with van der Waals surface area (Å²) in [5, 5.41) is 0.880. The fraction of sp³-hybridized carbons (Fsp3) is 0.222. The highest BCUT2D eigenvalue weighted by Crippen LogP contribution is 2.25. The molecule has 1 aromatic carbocycles. The Hall–Kier alpha value is -0.770. The van der Waals surface area contributed by atoms with E-state index in [1.807, 2.05) is 0 Å². The van der Waals surface area contributed by atoms with Crippen molar-refractivity contribution in [2.75, 3.05) is 0 Å². The molecule has 0 aliphatic heterocycles. The maximum absolute atomic E-state index is 10.6. The van der Waals surface area contributed by atoms with Crippen LogP contribution in [-0.4, -0.2) is 5.91 Å². The fourth-order valence-corrected chi connectivity index (χ4v) is 1.38. The van der Waals surface area contributed by atoms with E-state index in [0.717, 1.165) is 5.56 Å². The normalized spacial score (nSPS) is 12.5. The average Bonchev–Trinajstić information content (AvgIpc) is 2.08. The van der Waals surface area contributed by atoms with Crippen molar-refractivity contribution in [3.05, 3.63) is 33.8 Å². The van der Waals surface area contributed by atoms with E-state index in [-0.39, 0.29) is 6.42 Å². The SMILES string of the molecule is NC(=O)C[C@@H](N)c1ccc(Cl)c(Cl)c1. The van der Waals surface area contributed by atoms with Crippen LogP contribution < -0.4 is 11.5 Å². The molecule has 1 rings (SSSR count). The van der Waals surface area contributed by atoms with Gasteiger partial charge in [-0.1, -0.05) is 29.3 Å². The summed E-state index contributed by atoms with van der Waals surface area (Å²) in [5.74, 6) is -0.441. The largest absolute Gasteiger partial charge is 0.370 e. The molecule has 5 heteroatoms. The Bertz CT molecular complexity index is 355. The molecule has 0 fully saturated rings. The van der Waals surface area contributed by atoms with Gasteiger partial charge in [0.05, 0.1) is 10.0 Å². The Kier molecular flexibility index (Phi) is 3.75. The van der Waals surface area contributed by atoms with Crippen LogP contribution in [0.5, 0.6) is 0 Å². The fourth-order valence-electron chi connectivity index (χ4n) is 1.08. The monoisotopic (exact) mass is 232 g/mol. The van der Waals surface area contributed by atoms with E-state index >= 15 is 0 Å². The summed E-state index contributed by atoms with van der Waals surface area (Å²) in [7, 11) is 0. The molecule has 0 bridgehead atoms. The van der Waals surface area contributed by atoms with Crippen molar-refractivity contribution < 1.29 is 4.79 Å². The molecule has 1 amide bonds. The van der Waals surface area contributed by atoms with Gasteiger partial charge in [0.2, 0.25) is 5.91 Å². The van der Waals surface area contributed by atoms with Crippen LogP contribution in [0.2, 0.25) is 10.0 Å². The molecule has 0 aliphatic carbocycles. The van der Waals surface area contributed by atoms with E-state index in [2.05, 4.69) is 0 Å². The number of primary amides is 1. The zero-order valence-electron chi connectivity index (χ0n) is 7.34. The standard InChI is InChI=1S/C9H10Cl2N2O/c10-6-2-1-5(3-7(6)11)8(12)4-9(13)14/h1-3,8H,4,12H2,(H2,13,14)/t8-/m1/s1. The third kappa shape index (κ3) is 2.87. The van der Waals surface area contributed by atoms with E-state index < -0.39 is 11.9 Å². The first-order valence-corrected chi connectivity index (χ1v) is 4.75. The van der Waals surface area contributed by atoms with Gasteiger partial charge in [0, 0.05) is 12.5 Å². The lowest BCUT2D eigenvalue weighted by Gasteiger charge is -2.10. The molecule has 1 aromatic rings. The first-order valence-electron chi connectivity index (χ1n) is 3.99. The summed E-state index contributed by atoms with van der Waals surface area (Å²) in [4.78, 5) is 10.6. The van der Waals surface area contributed by atoms with Crippen LogP contribution in [0.3, 0.4) is 0 Å². The Morgan fingerprint density at radius 3 is 2.50 bits per heavy atom. The molecule has 0 spiro atoms. The minimum atomic E-state index is -0.441. The first-order chi connectivity index (χ1) is 6.50. The minimum absolute atomic E-state index is 0.0952. The van der Waals surface area contributed by atoms with Crippen molar-refractivity contribution in [2.45, 2.75) is 12.5 Å². The zero-order chi connectivity index (χ0) is 10.7. The van der Waals surface area contributed by atoms with E-state index in [9.17, 15) is 4.79 Å². The predicted molar refractivity (Wildman–Crippen MR) is 57.2 cm³/mol. The van der Waals surface area contributed by atoms with Gasteiger partial charge >= 0.3 is 0 Å². The quantitative estimate of drug-likeness (QED) is 0.836. The number of carbonyl (C=O) groups excluding carboxylic acids is 1. The summed E-state index contributed by atoms with van der Waals surface area (Å²) < 4.78 is 0. The highest BCUT2D eigenvalue weighted by molar-refractivity contribution is 6.42. The smallest absolute Gasteiger partial charge is 0.219 e. The molecule has 0 radical (unpaired) electrons. The Balaban J connectivity index is 2.85. The van der Waals surface area contributed by atoms with Crippen molar-refractivity contribution in [2.24, 2.45) is 11.5 Å². The van der Waals surface area contributed by atoms with E-state index in [1.165, 1.54) is 0 Å². The van der Waals surface area contributed by atoms with Crippen molar-refractivity contribution in [1.82, 2.24) is 0 Å². The predicted octanol–water partition coefficient (Wildman–Crippen LogP) is 1.87. The van der Waals surface area contributed by atoms with Crippen LogP contribution in [0.1, 0.15) is 18.0 Å². The second-order valence-corrected chi connectivity index (χ2v) is 3.76. The highest BCUT2D eigenvalue weighted by Gasteiger charge is 2.10. The number of hydrogen-bond donors (Lipinski definition) is 2. The molecule has 3 nitrogen and oxygen atoms in total. The highest BCUT2D eigenvalue weighted by atomic mass is 35.5. The summed E-state index contributed by atoms with van der Waals surface area (Å²) >= 11 is 11.5. The number of rotatable bonds is 3. The van der Waals surface area contributed by atoms with Crippen LogP contribution >= 0.6 is 23.2 Å². The molecule has 0 aromatic heterocycles. The molecule has 0 unspecified atom stereocenters. The van der Waals surface area contributed by atoms with Gasteiger partial charge < -0.3 is 11.5 Å². The van der Waals surface area contributed by atoms with Gasteiger partial charge in [-0.25, -0.2) is 0 Å². The van der Waals surface area contributed by atoms with Crippen molar-refractivity contribution in [3.8, 4) is 0 Å². The van der Waals surface area contributed by atoms with Crippen molar-refractivity contribution >= 4 is 29.1 Å². The topological polar surface area (TPSA) is 69.1 Å². The van der Waals surface area contributed by atoms with Crippen LogP contribution in [0.4, 0.5) is 0 Å².